The van der Waals surface area contributed by atoms with E-state index < -0.39 is 0 Å². The average Bonchev–Trinajstić information content (AvgIpc) is 2.88. The van der Waals surface area contributed by atoms with E-state index in [1.807, 2.05) is 33.8 Å². The molecule has 0 saturated carbocycles. The second-order valence-corrected chi connectivity index (χ2v) is 5.73. The molecule has 3 heterocycles. The van der Waals surface area contributed by atoms with Crippen LogP contribution in [0.4, 0.5) is 5.69 Å². The van der Waals surface area contributed by atoms with E-state index in [0.29, 0.717) is 17.3 Å². The van der Waals surface area contributed by atoms with Gasteiger partial charge in [-0.2, -0.15) is 0 Å². The van der Waals surface area contributed by atoms with Gasteiger partial charge in [-0.25, -0.2) is 9.97 Å². The number of H-pyrrole nitrogens is 1. The van der Waals surface area contributed by atoms with Gasteiger partial charge in [-0.1, -0.05) is 5.16 Å². The molecule has 0 amide bonds. The molecule has 0 aliphatic carbocycles. The minimum atomic E-state index is -0.192. The Morgan fingerprint density at radius 1 is 1.29 bits per heavy atom. The van der Waals surface area contributed by atoms with Crippen molar-refractivity contribution in [1.82, 2.24) is 20.1 Å². The SMILES string of the molecule is Cc1nccc(C(C)Nc2cc(-c3c(C)noc3C)c[nH]c2=O)n1. The van der Waals surface area contributed by atoms with E-state index in [1.54, 1.807) is 18.5 Å². The van der Waals surface area contributed by atoms with Crippen molar-refractivity contribution in [2.75, 3.05) is 5.32 Å². The zero-order valence-electron chi connectivity index (χ0n) is 14.0. The second kappa shape index (κ2) is 6.27. The van der Waals surface area contributed by atoms with E-state index in [4.69, 9.17) is 4.52 Å². The first-order valence-electron chi connectivity index (χ1n) is 7.67. The monoisotopic (exact) mass is 325 g/mol. The molecule has 3 aromatic heterocycles. The highest BCUT2D eigenvalue weighted by molar-refractivity contribution is 5.70. The zero-order chi connectivity index (χ0) is 17.3. The number of nitrogens with zero attached hydrogens (tertiary/aromatic N) is 3. The molecule has 0 saturated heterocycles. The quantitative estimate of drug-likeness (QED) is 0.765. The molecule has 24 heavy (non-hydrogen) atoms. The van der Waals surface area contributed by atoms with Crippen LogP contribution in [-0.2, 0) is 0 Å². The normalized spacial score (nSPS) is 12.2. The van der Waals surface area contributed by atoms with Gasteiger partial charge in [-0.3, -0.25) is 4.79 Å². The first kappa shape index (κ1) is 15.9. The molecular formula is C17H19N5O2. The maximum atomic E-state index is 12.2. The molecule has 1 atom stereocenters. The predicted octanol–water partition coefficient (Wildman–Crippen LogP) is 2.92. The van der Waals surface area contributed by atoms with Crippen molar-refractivity contribution in [3.05, 3.63) is 57.9 Å². The van der Waals surface area contributed by atoms with Crippen LogP contribution in [0, 0.1) is 20.8 Å². The van der Waals surface area contributed by atoms with E-state index in [1.165, 1.54) is 0 Å². The topological polar surface area (TPSA) is 96.7 Å². The Morgan fingerprint density at radius 2 is 2.08 bits per heavy atom. The molecule has 0 spiro atoms. The molecule has 7 nitrogen and oxygen atoms in total. The van der Waals surface area contributed by atoms with Crippen LogP contribution in [0.15, 0.2) is 33.8 Å². The summed E-state index contributed by atoms with van der Waals surface area (Å²) in [5, 5.41) is 7.17. The molecule has 0 aromatic carbocycles. The Morgan fingerprint density at radius 3 is 2.75 bits per heavy atom. The van der Waals surface area contributed by atoms with Crippen LogP contribution in [0.3, 0.4) is 0 Å². The number of aromatic nitrogens is 4. The van der Waals surface area contributed by atoms with Gasteiger partial charge in [0, 0.05) is 23.5 Å². The largest absolute Gasteiger partial charge is 0.372 e. The summed E-state index contributed by atoms with van der Waals surface area (Å²) in [6.45, 7) is 7.50. The van der Waals surface area contributed by atoms with Crippen molar-refractivity contribution in [2.24, 2.45) is 0 Å². The zero-order valence-corrected chi connectivity index (χ0v) is 14.0. The number of nitrogens with one attached hydrogen (secondary N) is 2. The Labute approximate surface area is 139 Å². The summed E-state index contributed by atoms with van der Waals surface area (Å²) in [6.07, 6.45) is 3.37. The van der Waals surface area contributed by atoms with Crippen molar-refractivity contribution >= 4 is 5.69 Å². The van der Waals surface area contributed by atoms with Crippen molar-refractivity contribution in [2.45, 2.75) is 33.7 Å². The summed E-state index contributed by atoms with van der Waals surface area (Å²) in [6, 6.07) is 3.50. The molecule has 0 bridgehead atoms. The van der Waals surface area contributed by atoms with Crippen LogP contribution in [0.5, 0.6) is 0 Å². The van der Waals surface area contributed by atoms with E-state index in [9.17, 15) is 4.79 Å². The molecule has 3 aromatic rings. The van der Waals surface area contributed by atoms with Crippen LogP contribution in [0.2, 0.25) is 0 Å². The fraction of sp³-hybridized carbons (Fsp3) is 0.294. The standard InChI is InChI=1S/C17H19N5O2/c1-9(14-5-6-18-12(4)21-14)20-15-7-13(8-19-17(15)23)16-10(2)22-24-11(16)3/h5-9,20H,1-4H3,(H,19,23). The fourth-order valence-electron chi connectivity index (χ4n) is 2.65. The maximum absolute atomic E-state index is 12.2. The van der Waals surface area contributed by atoms with Crippen molar-refractivity contribution in [3.8, 4) is 11.1 Å². The molecule has 7 heteroatoms. The van der Waals surface area contributed by atoms with E-state index in [-0.39, 0.29) is 11.6 Å². The number of aromatic amines is 1. The number of pyridine rings is 1. The summed E-state index contributed by atoms with van der Waals surface area (Å²) < 4.78 is 5.20. The summed E-state index contributed by atoms with van der Waals surface area (Å²) >= 11 is 0. The summed E-state index contributed by atoms with van der Waals surface area (Å²) in [4.78, 5) is 23.4. The van der Waals surface area contributed by atoms with Gasteiger partial charge in [0.2, 0.25) is 0 Å². The Kier molecular flexibility index (Phi) is 4.16. The molecule has 3 rings (SSSR count). The van der Waals surface area contributed by atoms with Gasteiger partial charge in [0.1, 0.15) is 17.3 Å². The summed E-state index contributed by atoms with van der Waals surface area (Å²) in [5.41, 5.74) is 3.62. The smallest absolute Gasteiger partial charge is 0.271 e. The third-order valence-electron chi connectivity index (χ3n) is 3.84. The Balaban J connectivity index is 1.94. The molecular weight excluding hydrogens is 306 g/mol. The van der Waals surface area contributed by atoms with Gasteiger partial charge in [0.25, 0.3) is 5.56 Å². The molecule has 0 aliphatic rings. The van der Waals surface area contributed by atoms with E-state index in [0.717, 1.165) is 22.5 Å². The fourth-order valence-corrected chi connectivity index (χ4v) is 2.65. The van der Waals surface area contributed by atoms with Gasteiger partial charge in [0.15, 0.2) is 0 Å². The van der Waals surface area contributed by atoms with Crippen LogP contribution in [0.1, 0.15) is 35.9 Å². The van der Waals surface area contributed by atoms with Gasteiger partial charge < -0.3 is 14.8 Å². The number of hydrogen-bond acceptors (Lipinski definition) is 6. The lowest BCUT2D eigenvalue weighted by molar-refractivity contribution is 0.393. The minimum Gasteiger partial charge on any atom is -0.372 e. The van der Waals surface area contributed by atoms with Gasteiger partial charge in [0.05, 0.1) is 17.4 Å². The van der Waals surface area contributed by atoms with Gasteiger partial charge in [-0.05, 0) is 39.8 Å². The van der Waals surface area contributed by atoms with Crippen LogP contribution in [-0.4, -0.2) is 20.1 Å². The molecule has 0 aliphatic heterocycles. The number of hydrogen-bond donors (Lipinski definition) is 2. The second-order valence-electron chi connectivity index (χ2n) is 5.73. The van der Waals surface area contributed by atoms with Crippen LogP contribution >= 0.6 is 0 Å². The minimum absolute atomic E-state index is 0.132. The number of aryl methyl sites for hydroxylation is 3. The molecule has 1 unspecified atom stereocenters. The van der Waals surface area contributed by atoms with E-state index >= 15 is 0 Å². The van der Waals surface area contributed by atoms with Crippen molar-refractivity contribution in [1.29, 1.82) is 0 Å². The van der Waals surface area contributed by atoms with Crippen molar-refractivity contribution < 1.29 is 4.52 Å². The Bertz CT molecular complexity index is 909. The van der Waals surface area contributed by atoms with Gasteiger partial charge >= 0.3 is 0 Å². The third-order valence-corrected chi connectivity index (χ3v) is 3.84. The lowest BCUT2D eigenvalue weighted by atomic mass is 10.1. The van der Waals surface area contributed by atoms with Gasteiger partial charge in [-0.15, -0.1) is 0 Å². The molecule has 124 valence electrons. The summed E-state index contributed by atoms with van der Waals surface area (Å²) in [7, 11) is 0. The predicted molar refractivity (Wildman–Crippen MR) is 90.8 cm³/mol. The maximum Gasteiger partial charge on any atom is 0.271 e. The highest BCUT2D eigenvalue weighted by Gasteiger charge is 2.15. The third kappa shape index (κ3) is 3.05. The van der Waals surface area contributed by atoms with Crippen molar-refractivity contribution in [3.63, 3.8) is 0 Å². The first-order valence-corrected chi connectivity index (χ1v) is 7.67. The van der Waals surface area contributed by atoms with Crippen LogP contribution < -0.4 is 10.9 Å². The van der Waals surface area contributed by atoms with E-state index in [2.05, 4.69) is 25.4 Å². The average molecular weight is 325 g/mol. The highest BCUT2D eigenvalue weighted by atomic mass is 16.5. The number of rotatable bonds is 4. The Hall–Kier alpha value is -2.96. The van der Waals surface area contributed by atoms with Crippen LogP contribution in [0.25, 0.3) is 11.1 Å². The highest BCUT2D eigenvalue weighted by Crippen LogP contribution is 2.27. The lowest BCUT2D eigenvalue weighted by Crippen LogP contribution is -2.17. The number of anilines is 1. The summed E-state index contributed by atoms with van der Waals surface area (Å²) in [5.74, 6) is 1.41. The molecule has 2 N–H and O–H groups in total. The molecule has 0 fully saturated rings. The molecule has 0 radical (unpaired) electrons. The lowest BCUT2D eigenvalue weighted by Gasteiger charge is -2.15. The first-order chi connectivity index (χ1) is 11.5.